The number of rotatable bonds is 8. The molecule has 29 heavy (non-hydrogen) atoms. The van der Waals surface area contributed by atoms with Crippen LogP contribution >= 0.6 is 34.7 Å². The summed E-state index contributed by atoms with van der Waals surface area (Å²) >= 11 is 9.00. The molecule has 3 rings (SSSR count). The zero-order valence-electron chi connectivity index (χ0n) is 16.3. The van der Waals surface area contributed by atoms with E-state index in [0.29, 0.717) is 18.2 Å². The molecular weight excluding hydrogens is 428 g/mol. The van der Waals surface area contributed by atoms with Crippen molar-refractivity contribution in [2.45, 2.75) is 43.5 Å². The van der Waals surface area contributed by atoms with Crippen LogP contribution in [-0.4, -0.2) is 30.8 Å². The van der Waals surface area contributed by atoms with E-state index in [2.05, 4.69) is 19.9 Å². The molecule has 0 aliphatic carbocycles. The number of aromatic nitrogens is 3. The molecular formula is C20H21ClN4O2S2. The van der Waals surface area contributed by atoms with Crippen molar-refractivity contribution in [3.8, 4) is 0 Å². The van der Waals surface area contributed by atoms with E-state index in [1.807, 2.05) is 36.6 Å². The van der Waals surface area contributed by atoms with Crippen LogP contribution in [0.15, 0.2) is 46.9 Å². The number of anilines is 1. The zero-order chi connectivity index (χ0) is 21.0. The first-order valence-electron chi connectivity index (χ1n) is 8.88. The molecule has 0 saturated heterocycles. The summed E-state index contributed by atoms with van der Waals surface area (Å²) in [6, 6.07) is 9.64. The normalized spacial score (nSPS) is 11.4. The molecule has 0 radical (unpaired) electrons. The van der Waals surface area contributed by atoms with Crippen LogP contribution in [0.4, 0.5) is 5.82 Å². The maximum absolute atomic E-state index is 11.3. The minimum absolute atomic E-state index is 0.386. The predicted molar refractivity (Wildman–Crippen MR) is 118 cm³/mol. The van der Waals surface area contributed by atoms with Crippen molar-refractivity contribution in [2.24, 2.45) is 0 Å². The summed E-state index contributed by atoms with van der Waals surface area (Å²) < 4.78 is -0.881. The third-order valence-corrected chi connectivity index (χ3v) is 6.37. The molecule has 0 amide bonds. The van der Waals surface area contributed by atoms with E-state index in [4.69, 9.17) is 11.6 Å². The molecule has 0 atom stereocenters. The van der Waals surface area contributed by atoms with Crippen LogP contribution in [-0.2, 0) is 17.9 Å². The number of thiazole rings is 1. The number of carboxylic acids is 1. The zero-order valence-corrected chi connectivity index (χ0v) is 18.7. The molecule has 0 aliphatic rings. The van der Waals surface area contributed by atoms with E-state index >= 15 is 0 Å². The third-order valence-electron chi connectivity index (χ3n) is 4.15. The van der Waals surface area contributed by atoms with Crippen LogP contribution in [0.3, 0.4) is 0 Å². The third kappa shape index (κ3) is 5.91. The summed E-state index contributed by atoms with van der Waals surface area (Å²) in [7, 11) is 0. The van der Waals surface area contributed by atoms with Crippen molar-refractivity contribution in [1.82, 2.24) is 15.0 Å². The van der Waals surface area contributed by atoms with Crippen molar-refractivity contribution in [3.63, 3.8) is 0 Å². The van der Waals surface area contributed by atoms with Crippen LogP contribution in [0.1, 0.15) is 30.1 Å². The lowest BCUT2D eigenvalue weighted by atomic mass is 10.2. The largest absolute Gasteiger partial charge is 0.480 e. The quantitative estimate of drug-likeness (QED) is 0.381. The molecule has 2 heterocycles. The van der Waals surface area contributed by atoms with Crippen molar-refractivity contribution < 1.29 is 9.90 Å². The van der Waals surface area contributed by atoms with Crippen molar-refractivity contribution in [1.29, 1.82) is 0 Å². The van der Waals surface area contributed by atoms with E-state index in [1.165, 1.54) is 18.1 Å². The van der Waals surface area contributed by atoms with Gasteiger partial charge < -0.3 is 10.0 Å². The second kappa shape index (κ2) is 9.11. The SMILES string of the molecule is Cc1nc(CN(Cc2ccc(SC(C)(C)C(=O)O)cc2)c2cc(Cl)ncn2)cs1. The number of hydrogen-bond acceptors (Lipinski definition) is 7. The average Bonchev–Trinajstić information content (AvgIpc) is 3.07. The van der Waals surface area contributed by atoms with Gasteiger partial charge in [0.15, 0.2) is 0 Å². The van der Waals surface area contributed by atoms with Gasteiger partial charge >= 0.3 is 5.97 Å². The monoisotopic (exact) mass is 448 g/mol. The second-order valence-electron chi connectivity index (χ2n) is 6.97. The number of carbonyl (C=O) groups is 1. The number of aliphatic carboxylic acids is 1. The Kier molecular flexibility index (Phi) is 6.77. The number of halogens is 1. The number of aryl methyl sites for hydroxylation is 1. The number of benzene rings is 1. The molecule has 0 fully saturated rings. The van der Waals surface area contributed by atoms with Gasteiger partial charge in [0, 0.05) is 22.9 Å². The van der Waals surface area contributed by atoms with E-state index in [-0.39, 0.29) is 0 Å². The van der Waals surface area contributed by atoms with E-state index < -0.39 is 10.7 Å². The summed E-state index contributed by atoms with van der Waals surface area (Å²) in [5.74, 6) is -0.113. The van der Waals surface area contributed by atoms with Crippen LogP contribution in [0.2, 0.25) is 5.15 Å². The van der Waals surface area contributed by atoms with Crippen molar-refractivity contribution in [2.75, 3.05) is 4.90 Å². The van der Waals surface area contributed by atoms with Gasteiger partial charge in [-0.25, -0.2) is 15.0 Å². The van der Waals surface area contributed by atoms with E-state index in [1.54, 1.807) is 31.3 Å². The number of carboxylic acid groups (broad SMARTS) is 1. The van der Waals surface area contributed by atoms with E-state index in [9.17, 15) is 9.90 Å². The van der Waals surface area contributed by atoms with Crippen molar-refractivity contribution >= 4 is 46.5 Å². The molecule has 0 saturated carbocycles. The average molecular weight is 449 g/mol. The molecule has 1 aromatic carbocycles. The molecule has 2 aromatic heterocycles. The highest BCUT2D eigenvalue weighted by molar-refractivity contribution is 8.01. The first-order chi connectivity index (χ1) is 13.7. The summed E-state index contributed by atoms with van der Waals surface area (Å²) in [5.41, 5.74) is 2.04. The van der Waals surface area contributed by atoms with Gasteiger partial charge in [-0.2, -0.15) is 0 Å². The standard InChI is InChI=1S/C20H21ClN4O2S2/c1-13-24-15(11-28-13)10-25(18-8-17(21)22-12-23-18)9-14-4-6-16(7-5-14)29-20(2,3)19(26)27/h4-8,11-12H,9-10H2,1-3H3,(H,26,27). The number of hydrogen-bond donors (Lipinski definition) is 1. The fraction of sp³-hybridized carbons (Fsp3) is 0.300. The van der Waals surface area contributed by atoms with Gasteiger partial charge in [0.1, 0.15) is 22.0 Å². The van der Waals surface area contributed by atoms with Crippen LogP contribution in [0.5, 0.6) is 0 Å². The minimum Gasteiger partial charge on any atom is -0.480 e. The Balaban J connectivity index is 1.79. The summed E-state index contributed by atoms with van der Waals surface area (Å²) in [5, 5.41) is 12.8. The molecule has 9 heteroatoms. The molecule has 3 aromatic rings. The van der Waals surface area contributed by atoms with E-state index in [0.717, 1.165) is 27.0 Å². The van der Waals surface area contributed by atoms with Gasteiger partial charge in [0.05, 0.1) is 17.2 Å². The van der Waals surface area contributed by atoms with Gasteiger partial charge in [-0.3, -0.25) is 4.79 Å². The van der Waals surface area contributed by atoms with Gasteiger partial charge in [0.25, 0.3) is 0 Å². The molecule has 0 aliphatic heterocycles. The van der Waals surface area contributed by atoms with Gasteiger partial charge in [0.2, 0.25) is 0 Å². The first-order valence-corrected chi connectivity index (χ1v) is 11.0. The Labute approximate surface area is 183 Å². The highest BCUT2D eigenvalue weighted by Gasteiger charge is 2.28. The lowest BCUT2D eigenvalue weighted by molar-refractivity contribution is -0.138. The Morgan fingerprint density at radius 3 is 2.55 bits per heavy atom. The Hall–Kier alpha value is -2.16. The lowest BCUT2D eigenvalue weighted by Crippen LogP contribution is -2.26. The van der Waals surface area contributed by atoms with Crippen LogP contribution < -0.4 is 4.90 Å². The fourth-order valence-electron chi connectivity index (χ4n) is 2.61. The smallest absolute Gasteiger partial charge is 0.319 e. The summed E-state index contributed by atoms with van der Waals surface area (Å²) in [4.78, 5) is 27.2. The highest BCUT2D eigenvalue weighted by atomic mass is 35.5. The topological polar surface area (TPSA) is 79.2 Å². The molecule has 1 N–H and O–H groups in total. The van der Waals surface area contributed by atoms with Gasteiger partial charge in [-0.05, 0) is 38.5 Å². The lowest BCUT2D eigenvalue weighted by Gasteiger charge is -2.23. The summed E-state index contributed by atoms with van der Waals surface area (Å²) in [6.07, 6.45) is 1.45. The highest BCUT2D eigenvalue weighted by Crippen LogP contribution is 2.33. The maximum atomic E-state index is 11.3. The van der Waals surface area contributed by atoms with Gasteiger partial charge in [-0.15, -0.1) is 23.1 Å². The Morgan fingerprint density at radius 2 is 1.97 bits per heavy atom. The molecule has 152 valence electrons. The number of thioether (sulfide) groups is 1. The Morgan fingerprint density at radius 1 is 1.24 bits per heavy atom. The predicted octanol–water partition coefficient (Wildman–Crippen LogP) is 5.06. The second-order valence-corrected chi connectivity index (χ2v) is 10.1. The Bertz CT molecular complexity index is 992. The molecule has 0 bridgehead atoms. The van der Waals surface area contributed by atoms with Gasteiger partial charge in [-0.1, -0.05) is 23.7 Å². The fourth-order valence-corrected chi connectivity index (χ4v) is 4.31. The number of nitrogens with zero attached hydrogens (tertiary/aromatic N) is 4. The minimum atomic E-state index is -0.881. The molecule has 0 spiro atoms. The van der Waals surface area contributed by atoms with Crippen LogP contribution in [0, 0.1) is 6.92 Å². The maximum Gasteiger partial charge on any atom is 0.319 e. The molecule has 6 nitrogen and oxygen atoms in total. The van der Waals surface area contributed by atoms with Crippen LogP contribution in [0.25, 0.3) is 0 Å². The van der Waals surface area contributed by atoms with Crippen molar-refractivity contribution in [3.05, 3.63) is 63.5 Å². The summed E-state index contributed by atoms with van der Waals surface area (Å²) in [6.45, 7) is 6.58. The molecule has 0 unspecified atom stereocenters. The first kappa shape index (κ1) is 21.5.